The van der Waals surface area contributed by atoms with Gasteiger partial charge in [-0.25, -0.2) is 13.2 Å². The molecule has 0 saturated heterocycles. The van der Waals surface area contributed by atoms with E-state index in [4.69, 9.17) is 0 Å². The highest BCUT2D eigenvalue weighted by molar-refractivity contribution is 9.10. The highest BCUT2D eigenvalue weighted by Crippen LogP contribution is 2.35. The van der Waals surface area contributed by atoms with Gasteiger partial charge in [0.25, 0.3) is 12.1 Å². The molecule has 0 saturated carbocycles. The van der Waals surface area contributed by atoms with Gasteiger partial charge in [0.15, 0.2) is 0 Å². The van der Waals surface area contributed by atoms with Crippen molar-refractivity contribution in [1.29, 1.82) is 0 Å². The van der Waals surface area contributed by atoms with Crippen LogP contribution < -0.4 is 0 Å². The van der Waals surface area contributed by atoms with Gasteiger partial charge < -0.3 is 0 Å². The maximum absolute atomic E-state index is 12.7. The van der Waals surface area contributed by atoms with Gasteiger partial charge >= 0.3 is 0 Å². The number of halogens is 4. The number of alkyl halides is 2. The van der Waals surface area contributed by atoms with E-state index in [1.165, 1.54) is 0 Å². The van der Waals surface area contributed by atoms with Gasteiger partial charge in [-0.1, -0.05) is 0 Å². The first-order chi connectivity index (χ1) is 6.43. The van der Waals surface area contributed by atoms with Crippen molar-refractivity contribution >= 4 is 21.6 Å². The van der Waals surface area contributed by atoms with Crippen LogP contribution in [0.25, 0.3) is 0 Å². The monoisotopic (exact) mass is 269 g/mol. The van der Waals surface area contributed by atoms with E-state index in [0.717, 1.165) is 0 Å². The Hall–Kier alpha value is -1.11. The normalized spacial score (nSPS) is 10.6. The van der Waals surface area contributed by atoms with Crippen LogP contribution in [-0.4, -0.2) is 4.92 Å². The number of hydrogen-bond donors (Lipinski definition) is 0. The summed E-state index contributed by atoms with van der Waals surface area (Å²) in [7, 11) is 0. The van der Waals surface area contributed by atoms with Gasteiger partial charge in [-0.3, -0.25) is 10.1 Å². The molecule has 3 nitrogen and oxygen atoms in total. The first kappa shape index (κ1) is 11.0. The molecule has 76 valence electrons. The molecule has 0 amide bonds. The number of nitrogens with zero attached hydrogens (tertiary/aromatic N) is 1. The number of rotatable bonds is 2. The second-order valence-corrected chi connectivity index (χ2v) is 3.18. The van der Waals surface area contributed by atoms with Gasteiger partial charge in [-0.05, 0) is 22.0 Å². The summed E-state index contributed by atoms with van der Waals surface area (Å²) in [6, 6.07) is 1.14. The molecule has 0 radical (unpaired) electrons. The molecule has 0 aliphatic rings. The van der Waals surface area contributed by atoms with E-state index in [2.05, 4.69) is 15.9 Å². The van der Waals surface area contributed by atoms with Crippen molar-refractivity contribution in [2.45, 2.75) is 6.43 Å². The van der Waals surface area contributed by atoms with E-state index in [9.17, 15) is 23.3 Å². The zero-order chi connectivity index (χ0) is 10.9. The van der Waals surface area contributed by atoms with Crippen LogP contribution in [0.4, 0.5) is 18.9 Å². The third-order valence-electron chi connectivity index (χ3n) is 1.48. The van der Waals surface area contributed by atoms with Crippen LogP contribution in [-0.2, 0) is 0 Å². The average Bonchev–Trinajstić information content (AvgIpc) is 2.07. The van der Waals surface area contributed by atoms with Crippen LogP contribution in [0.2, 0.25) is 0 Å². The molecule has 0 N–H and O–H groups in total. The second kappa shape index (κ2) is 3.95. The Morgan fingerprint density at radius 2 is 2.00 bits per heavy atom. The zero-order valence-corrected chi connectivity index (χ0v) is 8.09. The van der Waals surface area contributed by atoms with Gasteiger partial charge in [-0.15, -0.1) is 0 Å². The van der Waals surface area contributed by atoms with Crippen molar-refractivity contribution in [1.82, 2.24) is 0 Å². The summed E-state index contributed by atoms with van der Waals surface area (Å²) in [4.78, 5) is 9.38. The fraction of sp³-hybridized carbons (Fsp3) is 0.143. The van der Waals surface area contributed by atoms with Crippen molar-refractivity contribution in [3.63, 3.8) is 0 Å². The summed E-state index contributed by atoms with van der Waals surface area (Å²) in [6.45, 7) is 0. The van der Waals surface area contributed by atoms with E-state index < -0.39 is 28.4 Å². The van der Waals surface area contributed by atoms with Crippen LogP contribution in [0.3, 0.4) is 0 Å². The molecule has 1 rings (SSSR count). The fourth-order valence-electron chi connectivity index (χ4n) is 0.887. The Balaban J connectivity index is 3.40. The first-order valence-corrected chi connectivity index (χ1v) is 4.14. The number of nitro benzene ring substituents is 1. The van der Waals surface area contributed by atoms with Crippen LogP contribution in [0, 0.1) is 15.9 Å². The Bertz CT molecular complexity index is 383. The Morgan fingerprint density at radius 1 is 1.43 bits per heavy atom. The van der Waals surface area contributed by atoms with Gasteiger partial charge in [0.1, 0.15) is 10.3 Å². The summed E-state index contributed by atoms with van der Waals surface area (Å²) < 4.78 is 36.7. The first-order valence-electron chi connectivity index (χ1n) is 3.35. The lowest BCUT2D eigenvalue weighted by Crippen LogP contribution is -1.96. The van der Waals surface area contributed by atoms with Crippen molar-refractivity contribution in [2.24, 2.45) is 0 Å². The number of hydrogen-bond acceptors (Lipinski definition) is 2. The van der Waals surface area contributed by atoms with Crippen molar-refractivity contribution in [3.8, 4) is 0 Å². The molecule has 0 aliphatic heterocycles. The lowest BCUT2D eigenvalue weighted by Gasteiger charge is -2.03. The minimum atomic E-state index is -2.96. The van der Waals surface area contributed by atoms with E-state index in [1.54, 1.807) is 0 Å². The van der Waals surface area contributed by atoms with Gasteiger partial charge in [-0.2, -0.15) is 0 Å². The minimum absolute atomic E-state index is 0.390. The quantitative estimate of drug-likeness (QED) is 0.610. The Morgan fingerprint density at radius 3 is 2.43 bits per heavy atom. The Kier molecular flexibility index (Phi) is 3.10. The summed E-state index contributed by atoms with van der Waals surface area (Å²) in [6.07, 6.45) is -2.96. The van der Waals surface area contributed by atoms with Gasteiger partial charge in [0, 0.05) is 5.56 Å². The molecule has 0 fully saturated rings. The van der Waals surface area contributed by atoms with E-state index in [0.29, 0.717) is 12.1 Å². The molecule has 0 bridgehead atoms. The third kappa shape index (κ3) is 2.03. The molecular formula is C7H3BrF3NO2. The predicted molar refractivity (Wildman–Crippen MR) is 45.7 cm³/mol. The largest absolute Gasteiger partial charge is 0.286 e. The standard InChI is InChI=1S/C7H3BrF3NO2/c8-6-4(7(10)11)1-3(9)2-5(6)12(13)14/h1-2,7H. The average molecular weight is 270 g/mol. The van der Waals surface area contributed by atoms with E-state index in [-0.39, 0.29) is 4.47 Å². The molecule has 0 unspecified atom stereocenters. The van der Waals surface area contributed by atoms with Gasteiger partial charge in [0.05, 0.1) is 11.0 Å². The number of benzene rings is 1. The summed E-state index contributed by atoms with van der Waals surface area (Å²) in [5.41, 5.74) is -1.43. The second-order valence-electron chi connectivity index (χ2n) is 2.39. The van der Waals surface area contributed by atoms with Gasteiger partial charge in [0.2, 0.25) is 0 Å². The van der Waals surface area contributed by atoms with Crippen LogP contribution in [0.1, 0.15) is 12.0 Å². The van der Waals surface area contributed by atoms with Crippen molar-refractivity contribution < 1.29 is 18.1 Å². The molecule has 0 spiro atoms. The molecular weight excluding hydrogens is 267 g/mol. The fourth-order valence-corrected chi connectivity index (χ4v) is 1.43. The summed E-state index contributed by atoms with van der Waals surface area (Å²) in [5.74, 6) is -1.06. The third-order valence-corrected chi connectivity index (χ3v) is 2.34. The highest BCUT2D eigenvalue weighted by Gasteiger charge is 2.22. The summed E-state index contributed by atoms with van der Waals surface area (Å²) in [5, 5.41) is 10.3. The molecule has 14 heavy (non-hydrogen) atoms. The van der Waals surface area contributed by atoms with Crippen molar-refractivity contribution in [3.05, 3.63) is 38.1 Å². The molecule has 1 aromatic carbocycles. The predicted octanol–water partition coefficient (Wildman–Crippen LogP) is 3.43. The van der Waals surface area contributed by atoms with Crippen LogP contribution in [0.15, 0.2) is 16.6 Å². The SMILES string of the molecule is O=[N+]([O-])c1cc(F)cc(C(F)F)c1Br. The van der Waals surface area contributed by atoms with Crippen LogP contribution >= 0.6 is 15.9 Å². The maximum Gasteiger partial charge on any atom is 0.286 e. The maximum atomic E-state index is 12.7. The van der Waals surface area contributed by atoms with E-state index >= 15 is 0 Å². The summed E-state index contributed by atoms with van der Waals surface area (Å²) >= 11 is 2.63. The molecule has 0 atom stereocenters. The minimum Gasteiger partial charge on any atom is -0.258 e. The number of nitro groups is 1. The smallest absolute Gasteiger partial charge is 0.258 e. The van der Waals surface area contributed by atoms with E-state index in [1.807, 2.05) is 0 Å². The topological polar surface area (TPSA) is 43.1 Å². The highest BCUT2D eigenvalue weighted by atomic mass is 79.9. The van der Waals surface area contributed by atoms with Crippen LogP contribution in [0.5, 0.6) is 0 Å². The molecule has 0 aliphatic carbocycles. The molecule has 0 aromatic heterocycles. The molecule has 0 heterocycles. The Labute approximate surface area is 84.8 Å². The lowest BCUT2D eigenvalue weighted by atomic mass is 10.2. The van der Waals surface area contributed by atoms with Crippen molar-refractivity contribution in [2.75, 3.05) is 0 Å². The molecule has 1 aromatic rings. The zero-order valence-electron chi connectivity index (χ0n) is 6.51. The molecule has 7 heteroatoms. The lowest BCUT2D eigenvalue weighted by molar-refractivity contribution is -0.386.